The summed E-state index contributed by atoms with van der Waals surface area (Å²) in [7, 11) is 0. The van der Waals surface area contributed by atoms with E-state index in [4.69, 9.17) is 16.0 Å². The van der Waals surface area contributed by atoms with E-state index in [1.807, 2.05) is 60.0 Å². The minimum atomic E-state index is -0.170. The first-order valence-electron chi connectivity index (χ1n) is 10.7. The number of anilines is 1. The van der Waals surface area contributed by atoms with Crippen LogP contribution in [-0.4, -0.2) is 31.4 Å². The van der Waals surface area contributed by atoms with Crippen LogP contribution in [-0.2, 0) is 11.2 Å². The van der Waals surface area contributed by atoms with Crippen molar-refractivity contribution in [2.24, 2.45) is 0 Å². The first-order chi connectivity index (χ1) is 17.1. The molecule has 0 radical (unpaired) electrons. The van der Waals surface area contributed by atoms with Crippen LogP contribution in [0, 0.1) is 6.92 Å². The van der Waals surface area contributed by atoms with E-state index >= 15 is 0 Å². The summed E-state index contributed by atoms with van der Waals surface area (Å²) in [5, 5.41) is 13.4. The van der Waals surface area contributed by atoms with Gasteiger partial charge in [0.25, 0.3) is 0 Å². The predicted octanol–water partition coefficient (Wildman–Crippen LogP) is 6.27. The van der Waals surface area contributed by atoms with Crippen molar-refractivity contribution < 1.29 is 9.21 Å². The molecule has 0 saturated heterocycles. The van der Waals surface area contributed by atoms with E-state index in [1.54, 1.807) is 18.5 Å². The Morgan fingerprint density at radius 1 is 1.14 bits per heavy atom. The fourth-order valence-electron chi connectivity index (χ4n) is 3.42. The number of thiazole rings is 1. The second kappa shape index (κ2) is 10.5. The molecule has 3 heterocycles. The molecule has 0 saturated carbocycles. The van der Waals surface area contributed by atoms with Crippen LogP contribution < -0.4 is 5.32 Å². The van der Waals surface area contributed by atoms with Crippen molar-refractivity contribution in [3.8, 4) is 17.3 Å². The number of carbonyl (C=O) groups is 1. The molecule has 0 bridgehead atoms. The molecule has 0 aliphatic heterocycles. The summed E-state index contributed by atoms with van der Waals surface area (Å²) in [6, 6.07) is 19.4. The molecule has 3 aromatic heterocycles. The van der Waals surface area contributed by atoms with Gasteiger partial charge in [0.15, 0.2) is 16.0 Å². The number of furan rings is 1. The lowest BCUT2D eigenvalue weighted by Gasteiger charge is -2.08. The van der Waals surface area contributed by atoms with Gasteiger partial charge in [0.2, 0.25) is 11.7 Å². The smallest absolute Gasteiger partial charge is 0.236 e. The maximum atomic E-state index is 12.7. The van der Waals surface area contributed by atoms with Crippen LogP contribution in [0.5, 0.6) is 0 Å². The van der Waals surface area contributed by atoms with Crippen LogP contribution in [0.4, 0.5) is 5.13 Å². The maximum absolute atomic E-state index is 12.7. The molecule has 5 aromatic rings. The number of benzene rings is 2. The molecule has 2 aromatic carbocycles. The lowest BCUT2D eigenvalue weighted by Crippen LogP contribution is -2.14. The summed E-state index contributed by atoms with van der Waals surface area (Å²) in [5.74, 6) is 1.16. The zero-order valence-corrected chi connectivity index (χ0v) is 21.0. The number of carbonyl (C=O) groups excluding carboxylic acids is 1. The van der Waals surface area contributed by atoms with Crippen LogP contribution in [0.3, 0.4) is 0 Å². The number of thioether (sulfide) groups is 1. The lowest BCUT2D eigenvalue weighted by molar-refractivity contribution is -0.113. The number of nitrogens with zero attached hydrogens (tertiary/aromatic N) is 4. The van der Waals surface area contributed by atoms with Gasteiger partial charge < -0.3 is 9.73 Å². The number of aryl methyl sites for hydroxylation is 1. The van der Waals surface area contributed by atoms with Crippen molar-refractivity contribution in [3.63, 3.8) is 0 Å². The fraction of sp³-hybridized carbons (Fsp3) is 0.120. The highest BCUT2D eigenvalue weighted by atomic mass is 35.5. The molecule has 176 valence electrons. The SMILES string of the molecule is Cc1ccc(Cc2cnc(NC(=O)CSc3nnc(-c4ccco4)n3-c3ccccc3)s2)cc1Cl. The van der Waals surface area contributed by atoms with Crippen LogP contribution in [0.25, 0.3) is 17.3 Å². The number of para-hydroxylation sites is 1. The highest BCUT2D eigenvalue weighted by molar-refractivity contribution is 7.99. The third-order valence-corrected chi connectivity index (χ3v) is 7.39. The Bertz CT molecular complexity index is 1450. The molecule has 0 atom stereocenters. The molecule has 7 nitrogen and oxygen atoms in total. The molecular weight excluding hydrogens is 502 g/mol. The monoisotopic (exact) mass is 521 g/mol. The molecule has 0 aliphatic carbocycles. The zero-order chi connectivity index (χ0) is 24.2. The van der Waals surface area contributed by atoms with Gasteiger partial charge in [-0.15, -0.1) is 21.5 Å². The van der Waals surface area contributed by atoms with Crippen LogP contribution in [0.1, 0.15) is 16.0 Å². The summed E-state index contributed by atoms with van der Waals surface area (Å²) in [5.41, 5.74) is 3.03. The van der Waals surface area contributed by atoms with E-state index in [9.17, 15) is 4.79 Å². The highest BCUT2D eigenvalue weighted by Gasteiger charge is 2.19. The Morgan fingerprint density at radius 2 is 2.00 bits per heavy atom. The Labute approximate surface area is 215 Å². The number of hydrogen-bond donors (Lipinski definition) is 1. The van der Waals surface area contributed by atoms with Gasteiger partial charge in [0.1, 0.15) is 0 Å². The zero-order valence-electron chi connectivity index (χ0n) is 18.6. The maximum Gasteiger partial charge on any atom is 0.236 e. The highest BCUT2D eigenvalue weighted by Crippen LogP contribution is 2.29. The fourth-order valence-corrected chi connectivity index (χ4v) is 5.24. The number of aromatic nitrogens is 4. The third kappa shape index (κ3) is 5.48. The summed E-state index contributed by atoms with van der Waals surface area (Å²) in [4.78, 5) is 18.1. The first-order valence-corrected chi connectivity index (χ1v) is 12.9. The normalized spacial score (nSPS) is 11.0. The quantitative estimate of drug-likeness (QED) is 0.242. The van der Waals surface area contributed by atoms with Crippen LogP contribution in [0.15, 0.2) is 82.7 Å². The number of nitrogens with one attached hydrogen (secondary N) is 1. The van der Waals surface area contributed by atoms with E-state index < -0.39 is 0 Å². The van der Waals surface area contributed by atoms with Gasteiger partial charge in [-0.25, -0.2) is 4.98 Å². The summed E-state index contributed by atoms with van der Waals surface area (Å²) in [6.07, 6.45) is 4.08. The number of amides is 1. The van der Waals surface area contributed by atoms with Crippen molar-refractivity contribution >= 4 is 45.7 Å². The second-order valence-electron chi connectivity index (χ2n) is 7.68. The van der Waals surface area contributed by atoms with Gasteiger partial charge in [0, 0.05) is 28.2 Å². The Balaban J connectivity index is 1.25. The molecule has 1 N–H and O–H groups in total. The Kier molecular flexibility index (Phi) is 6.98. The van der Waals surface area contributed by atoms with Gasteiger partial charge in [0.05, 0.1) is 12.0 Å². The Morgan fingerprint density at radius 3 is 2.77 bits per heavy atom. The van der Waals surface area contributed by atoms with E-state index in [0.29, 0.717) is 28.3 Å². The molecule has 0 fully saturated rings. The minimum absolute atomic E-state index is 0.158. The number of hydrogen-bond acceptors (Lipinski definition) is 7. The predicted molar refractivity (Wildman–Crippen MR) is 140 cm³/mol. The standard InChI is InChI=1S/C25H20ClN5O2S2/c1-16-9-10-17(13-20(16)26)12-19-14-27-24(35-19)28-22(32)15-34-25-30-29-23(21-8-5-11-33-21)31(25)18-6-3-2-4-7-18/h2-11,13-14H,12,15H2,1H3,(H,27,28,32). The first kappa shape index (κ1) is 23.3. The molecule has 10 heteroatoms. The van der Waals surface area contributed by atoms with E-state index in [1.165, 1.54) is 23.1 Å². The molecular formula is C25H20ClN5O2S2. The van der Waals surface area contributed by atoms with E-state index in [2.05, 4.69) is 26.6 Å². The second-order valence-corrected chi connectivity index (χ2v) is 10.1. The van der Waals surface area contributed by atoms with Gasteiger partial charge in [-0.2, -0.15) is 0 Å². The minimum Gasteiger partial charge on any atom is -0.461 e. The van der Waals surface area contributed by atoms with Crippen molar-refractivity contribution in [1.82, 2.24) is 19.7 Å². The lowest BCUT2D eigenvalue weighted by atomic mass is 10.1. The summed E-state index contributed by atoms with van der Waals surface area (Å²) in [6.45, 7) is 1.98. The van der Waals surface area contributed by atoms with Crippen molar-refractivity contribution in [2.75, 3.05) is 11.1 Å². The van der Waals surface area contributed by atoms with Crippen molar-refractivity contribution in [3.05, 3.63) is 94.2 Å². The molecule has 5 rings (SSSR count). The average molecular weight is 522 g/mol. The molecule has 0 unspecified atom stereocenters. The molecule has 35 heavy (non-hydrogen) atoms. The van der Waals surface area contributed by atoms with Crippen molar-refractivity contribution in [1.29, 1.82) is 0 Å². The number of halogens is 1. The van der Waals surface area contributed by atoms with E-state index in [0.717, 1.165) is 26.7 Å². The van der Waals surface area contributed by atoms with Gasteiger partial charge in [-0.1, -0.05) is 53.7 Å². The largest absolute Gasteiger partial charge is 0.461 e. The van der Waals surface area contributed by atoms with E-state index in [-0.39, 0.29) is 11.7 Å². The number of rotatable bonds is 8. The average Bonchev–Trinajstić information content (AvgIpc) is 3.62. The van der Waals surface area contributed by atoms with Crippen LogP contribution >= 0.6 is 34.7 Å². The summed E-state index contributed by atoms with van der Waals surface area (Å²) >= 11 is 8.98. The molecule has 0 spiro atoms. The van der Waals surface area contributed by atoms with Gasteiger partial charge >= 0.3 is 0 Å². The van der Waals surface area contributed by atoms with Crippen molar-refractivity contribution in [2.45, 2.75) is 18.5 Å². The summed E-state index contributed by atoms with van der Waals surface area (Å²) < 4.78 is 7.41. The van der Waals surface area contributed by atoms with Gasteiger partial charge in [-0.05, 0) is 48.4 Å². The van der Waals surface area contributed by atoms with Gasteiger partial charge in [-0.3, -0.25) is 9.36 Å². The molecule has 0 aliphatic rings. The third-order valence-electron chi connectivity index (χ3n) is 5.14. The van der Waals surface area contributed by atoms with Crippen LogP contribution in [0.2, 0.25) is 5.02 Å². The Hall–Kier alpha value is -3.40. The topological polar surface area (TPSA) is 85.8 Å². The molecule has 1 amide bonds.